The quantitative estimate of drug-likeness (QED) is 0.404. The van der Waals surface area contributed by atoms with Crippen LogP contribution in [-0.4, -0.2) is 9.29 Å². The Hall–Kier alpha value is 0.149. The van der Waals surface area contributed by atoms with Crippen LogP contribution in [0.3, 0.4) is 0 Å². The molecule has 0 atom stereocenters. The van der Waals surface area contributed by atoms with Crippen LogP contribution in [0.25, 0.3) is 0 Å². The average Bonchev–Trinajstić information content (AvgIpc) is 1.46. The van der Waals surface area contributed by atoms with Gasteiger partial charge in [0.25, 0.3) is 0 Å². The second-order valence-electron chi connectivity index (χ2n) is 0.0833. The Morgan fingerprint density at radius 3 is 1.20 bits per heavy atom. The molecule has 0 aromatic rings. The molecule has 0 unspecified atom stereocenters. The van der Waals surface area contributed by atoms with E-state index in [9.17, 15) is 0 Å². The van der Waals surface area contributed by atoms with Crippen molar-refractivity contribution in [3.05, 3.63) is 0 Å². The molecule has 0 saturated carbocycles. The summed E-state index contributed by atoms with van der Waals surface area (Å²) >= 11 is 1.38. The van der Waals surface area contributed by atoms with Gasteiger partial charge in [0.15, 0.2) is 0 Å². The zero-order valence-electron chi connectivity index (χ0n) is 2.13. The van der Waals surface area contributed by atoms with Crippen molar-refractivity contribution in [2.24, 2.45) is 0 Å². The maximum atomic E-state index is 8.40. The van der Waals surface area contributed by atoms with Crippen LogP contribution in [0.5, 0.6) is 0 Å². The van der Waals surface area contributed by atoms with Crippen molar-refractivity contribution in [2.75, 3.05) is 0 Å². The zero-order chi connectivity index (χ0) is 4.71. The topological polar surface area (TPSA) is 51.2 Å². The van der Waals surface area contributed by atoms with Gasteiger partial charge in [-0.1, -0.05) is 0 Å². The fraction of sp³-hybridized carbons (Fsp3) is 0. The summed E-state index contributed by atoms with van der Waals surface area (Å²) in [6, 6.07) is 0. The van der Waals surface area contributed by atoms with Gasteiger partial charge in [-0.15, -0.1) is 0 Å². The molecule has 0 aromatic carbocycles. The molecule has 3 nitrogen and oxygen atoms in total. The SMILES string of the molecule is O=[Si]=O.[O]=[Cr]. The molecule has 5 heteroatoms. The summed E-state index contributed by atoms with van der Waals surface area (Å²) in [5, 5.41) is 0. The van der Waals surface area contributed by atoms with Crippen molar-refractivity contribution in [1.29, 1.82) is 0 Å². The molecule has 0 heterocycles. The zero-order valence-corrected chi connectivity index (χ0v) is 4.41. The van der Waals surface area contributed by atoms with Gasteiger partial charge in [0.1, 0.15) is 0 Å². The van der Waals surface area contributed by atoms with Gasteiger partial charge in [-0.05, 0) is 0 Å². The van der Waals surface area contributed by atoms with Crippen LogP contribution >= 0.6 is 0 Å². The van der Waals surface area contributed by atoms with Gasteiger partial charge in [0.05, 0.1) is 0 Å². The van der Waals surface area contributed by atoms with Crippen LogP contribution in [0.2, 0.25) is 0 Å². The molecule has 0 amide bonds. The molecular weight excluding hydrogens is 128 g/mol. The third-order valence-electron chi connectivity index (χ3n) is 0. The van der Waals surface area contributed by atoms with Gasteiger partial charge in [0.2, 0.25) is 0 Å². The number of hydrogen-bond acceptors (Lipinski definition) is 3. The fourth-order valence-electron chi connectivity index (χ4n) is 0. The Balaban J connectivity index is 0. The summed E-state index contributed by atoms with van der Waals surface area (Å²) in [5.41, 5.74) is 0. The van der Waals surface area contributed by atoms with Crippen LogP contribution in [0.4, 0.5) is 0 Å². The molecule has 0 aliphatic heterocycles. The van der Waals surface area contributed by atoms with Gasteiger partial charge >= 0.3 is 29.3 Å². The van der Waals surface area contributed by atoms with Gasteiger partial charge < -0.3 is 0 Å². The van der Waals surface area contributed by atoms with Crippen LogP contribution in [0.15, 0.2) is 0 Å². The average molecular weight is 128 g/mol. The van der Waals surface area contributed by atoms with E-state index in [1.807, 2.05) is 0 Å². The van der Waals surface area contributed by atoms with Crippen LogP contribution < -0.4 is 0 Å². The summed E-state index contributed by atoms with van der Waals surface area (Å²) in [7, 11) is -1.42. The van der Waals surface area contributed by atoms with Crippen molar-refractivity contribution >= 4 is 9.29 Å². The molecule has 0 aliphatic rings. The predicted octanol–water partition coefficient (Wildman–Crippen LogP) is -0.740. The second-order valence-corrected chi connectivity index (χ2v) is 0.250. The molecule has 0 rings (SSSR count). The minimum atomic E-state index is -1.42. The molecule has 0 fully saturated rings. The third-order valence-corrected chi connectivity index (χ3v) is 0. The minimum absolute atomic E-state index is 1.38. The van der Waals surface area contributed by atoms with E-state index in [2.05, 4.69) is 0 Å². The first kappa shape index (κ1) is 8.94. The number of rotatable bonds is 0. The Morgan fingerprint density at radius 1 is 1.20 bits per heavy atom. The monoisotopic (exact) mass is 128 g/mol. The van der Waals surface area contributed by atoms with E-state index in [-0.39, 0.29) is 0 Å². The van der Waals surface area contributed by atoms with E-state index in [4.69, 9.17) is 12.7 Å². The van der Waals surface area contributed by atoms with Gasteiger partial charge in [-0.25, -0.2) is 0 Å². The molecule has 0 spiro atoms. The van der Waals surface area contributed by atoms with E-state index in [1.54, 1.807) is 0 Å². The maximum absolute atomic E-state index is 8.40. The number of hydrogen-bond donors (Lipinski definition) is 0. The molecule has 0 radical (unpaired) electrons. The van der Waals surface area contributed by atoms with Crippen molar-refractivity contribution in [3.8, 4) is 0 Å². The summed E-state index contributed by atoms with van der Waals surface area (Å²) in [5.74, 6) is 0. The Morgan fingerprint density at radius 2 is 1.20 bits per heavy atom. The Bertz CT molecular complexity index is 36.2. The summed E-state index contributed by atoms with van der Waals surface area (Å²) in [6.45, 7) is 0. The van der Waals surface area contributed by atoms with Crippen molar-refractivity contribution in [1.82, 2.24) is 0 Å². The first-order valence-corrected chi connectivity index (χ1v) is 1.91. The molecule has 5 heavy (non-hydrogen) atoms. The normalized spacial score (nSPS) is 2.40. The van der Waals surface area contributed by atoms with Gasteiger partial charge in [-0.2, -0.15) is 0 Å². The standard InChI is InChI=1S/Cr.O2Si.O/c;1-3-2;. The van der Waals surface area contributed by atoms with Gasteiger partial charge in [0, 0.05) is 0 Å². The summed E-state index contributed by atoms with van der Waals surface area (Å²) < 4.78 is 24.9. The first-order chi connectivity index (χ1) is 2.41. The first-order valence-electron chi connectivity index (χ1n) is 0.575. The molecule has 0 saturated heterocycles. The second kappa shape index (κ2) is 31.2. The fourth-order valence-corrected chi connectivity index (χ4v) is 0. The molecule has 0 aromatic heterocycles. The summed E-state index contributed by atoms with van der Waals surface area (Å²) in [4.78, 5) is 0. The van der Waals surface area contributed by atoms with E-state index >= 15 is 0 Å². The van der Waals surface area contributed by atoms with Crippen LogP contribution in [0.1, 0.15) is 0 Å². The predicted molar refractivity (Wildman–Crippen MR) is 7.81 cm³/mol. The molecule has 0 N–H and O–H groups in total. The van der Waals surface area contributed by atoms with Crippen LogP contribution in [0, 0.1) is 0 Å². The summed E-state index contributed by atoms with van der Waals surface area (Å²) in [6.07, 6.45) is 0. The van der Waals surface area contributed by atoms with E-state index < -0.39 is 9.29 Å². The third kappa shape index (κ3) is 859. The van der Waals surface area contributed by atoms with E-state index in [0.717, 1.165) is 0 Å². The Labute approximate surface area is 38.9 Å². The van der Waals surface area contributed by atoms with E-state index in [0.29, 0.717) is 0 Å². The van der Waals surface area contributed by atoms with Gasteiger partial charge in [-0.3, -0.25) is 8.92 Å². The van der Waals surface area contributed by atoms with Crippen molar-refractivity contribution < 1.29 is 29.0 Å². The molecule has 0 bridgehead atoms. The van der Waals surface area contributed by atoms with Crippen molar-refractivity contribution in [2.45, 2.75) is 0 Å². The van der Waals surface area contributed by atoms with Crippen molar-refractivity contribution in [3.63, 3.8) is 0 Å². The molecule has 0 aliphatic carbocycles. The molecule has 28 valence electrons. The Kier molecular flexibility index (Phi) is 55.7. The molecular formula is CrO3Si. The van der Waals surface area contributed by atoms with Crippen LogP contribution in [-0.2, 0) is 29.0 Å². The van der Waals surface area contributed by atoms with E-state index in [1.165, 1.54) is 16.2 Å².